The van der Waals surface area contributed by atoms with E-state index in [1.807, 2.05) is 71.6 Å². The number of hydrogen-bond acceptors (Lipinski definition) is 10. The number of aryl methyl sites for hydroxylation is 1. The molecule has 16 heteroatoms. The molecule has 6 heterocycles. The van der Waals surface area contributed by atoms with Crippen LogP contribution >= 0.6 is 0 Å². The van der Waals surface area contributed by atoms with Gasteiger partial charge in [0.05, 0.1) is 6.10 Å². The smallest absolute Gasteiger partial charge is 0.165 e. The number of likely N-dealkylation sites (tertiary alicyclic amines) is 3. The number of aliphatic hydroxyl groups is 1. The molecule has 3 aliphatic heterocycles. The molecule has 12 rings (SSSR count). The average Bonchev–Trinajstić information content (AvgIpc) is 1.78. The Kier molecular flexibility index (Phi) is 23.3. The summed E-state index contributed by atoms with van der Waals surface area (Å²) in [5.74, 6) is 2.64. The third-order valence-corrected chi connectivity index (χ3v) is 17.8. The van der Waals surface area contributed by atoms with Gasteiger partial charge >= 0.3 is 0 Å². The summed E-state index contributed by atoms with van der Waals surface area (Å²) in [6.07, 6.45) is 13.1. The Morgan fingerprint density at radius 3 is 1.22 bits per heavy atom. The number of aromatic nitrogens is 3. The van der Waals surface area contributed by atoms with E-state index in [4.69, 9.17) is 14.2 Å². The van der Waals surface area contributed by atoms with Gasteiger partial charge in [-0.05, 0) is 168 Å². The molecule has 13 nitrogen and oxygen atoms in total. The minimum absolute atomic E-state index is 0.0302. The van der Waals surface area contributed by atoms with Crippen LogP contribution in [0.15, 0.2) is 164 Å². The van der Waals surface area contributed by atoms with Crippen LogP contribution in [0.3, 0.4) is 0 Å². The van der Waals surface area contributed by atoms with E-state index in [0.717, 1.165) is 166 Å². The van der Waals surface area contributed by atoms with Gasteiger partial charge < -0.3 is 47.7 Å². The number of carbonyl (C=O) groups excluding carboxylic acids is 3. The van der Waals surface area contributed by atoms with Gasteiger partial charge in [-0.1, -0.05) is 75.4 Å². The van der Waals surface area contributed by atoms with Crippen LogP contribution in [0.5, 0.6) is 17.2 Å². The molecule has 3 saturated heterocycles. The number of ether oxygens (including phenoxy) is 3. The number of rotatable bonds is 23. The standard InChI is InChI=1S/C27H33FN2O2.C25H29FN2O2.C24H27FN2O3/c1-20(2)18-27(31)25-19-30(26-7-4-3-6-24(25)26)15-5-14-29-16-12-23(13-17-29)32-22-10-8-21(28)9-11-22;1-18(16-28-17-24(19(2)29)23-5-3-4-6-25(23)28)15-27-13-11-22(12-14-27)30-21-9-7-20(26)8-10-21;1-17(28)23-16-27(24-5-3-2-4-22(23)24)15-19(29)14-26-12-10-21(11-13-26)30-20-8-6-18(25)7-9-20/h3-4,6-11,19-20,23H,5,12-18H2,1-2H3;3-10,17-18,22H,11-16H2,1-2H3;2-9,16,19,21,29H,10-15H2,1H3. The quantitative estimate of drug-likeness (QED) is 0.0619. The second kappa shape index (κ2) is 32.0. The lowest BCUT2D eigenvalue weighted by Gasteiger charge is -2.33. The number of hydrogen-bond donors (Lipinski definition) is 1. The van der Waals surface area contributed by atoms with Crippen molar-refractivity contribution >= 4 is 50.1 Å². The Balaban J connectivity index is 0.000000151. The first-order valence-corrected chi connectivity index (χ1v) is 32.9. The maximum Gasteiger partial charge on any atom is 0.165 e. The number of aliphatic hydroxyl groups excluding tert-OH is 1. The van der Waals surface area contributed by atoms with E-state index in [1.54, 1.807) is 50.2 Å². The zero-order valence-corrected chi connectivity index (χ0v) is 53.9. The second-order valence-electron chi connectivity index (χ2n) is 25.7. The second-order valence-corrected chi connectivity index (χ2v) is 25.7. The summed E-state index contributed by atoms with van der Waals surface area (Å²) in [5.41, 5.74) is 5.58. The van der Waals surface area contributed by atoms with Crippen molar-refractivity contribution in [3.63, 3.8) is 0 Å². The highest BCUT2D eigenvalue weighted by Crippen LogP contribution is 2.29. The topological polar surface area (TPSA) is 124 Å². The minimum Gasteiger partial charge on any atom is -0.490 e. The van der Waals surface area contributed by atoms with E-state index in [1.165, 1.54) is 36.4 Å². The van der Waals surface area contributed by atoms with Crippen molar-refractivity contribution in [2.24, 2.45) is 11.8 Å². The van der Waals surface area contributed by atoms with Gasteiger partial charge in [0.15, 0.2) is 17.3 Å². The summed E-state index contributed by atoms with van der Waals surface area (Å²) >= 11 is 0. The van der Waals surface area contributed by atoms with Crippen LogP contribution in [-0.2, 0) is 19.6 Å². The maximum atomic E-state index is 13.1. The Labute approximate surface area is 539 Å². The molecule has 3 fully saturated rings. The molecular formula is C76H89F3N6O7. The van der Waals surface area contributed by atoms with Gasteiger partial charge in [-0.3, -0.25) is 14.4 Å². The van der Waals surface area contributed by atoms with Gasteiger partial charge in [0.2, 0.25) is 0 Å². The molecule has 0 bridgehead atoms. The molecule has 0 saturated carbocycles. The Bertz CT molecular complexity index is 3670. The van der Waals surface area contributed by atoms with E-state index >= 15 is 0 Å². The Morgan fingerprint density at radius 1 is 0.446 bits per heavy atom. The number of fused-ring (bicyclic) bond motifs is 3. The van der Waals surface area contributed by atoms with Crippen molar-refractivity contribution in [3.05, 3.63) is 198 Å². The first-order chi connectivity index (χ1) is 44.5. The van der Waals surface area contributed by atoms with Crippen LogP contribution in [0.1, 0.15) is 117 Å². The molecule has 6 aromatic carbocycles. The molecule has 3 aromatic heterocycles. The van der Waals surface area contributed by atoms with Crippen molar-refractivity contribution in [2.75, 3.05) is 58.9 Å². The van der Waals surface area contributed by atoms with Crippen LogP contribution in [-0.4, -0.2) is 134 Å². The summed E-state index contributed by atoms with van der Waals surface area (Å²) in [4.78, 5) is 43.9. The van der Waals surface area contributed by atoms with Crippen molar-refractivity contribution < 1.29 is 46.9 Å². The number of nitrogens with zero attached hydrogens (tertiary/aromatic N) is 6. The van der Waals surface area contributed by atoms with Gasteiger partial charge in [-0.15, -0.1) is 0 Å². The predicted octanol–water partition coefficient (Wildman–Crippen LogP) is 15.0. The Morgan fingerprint density at radius 2 is 0.804 bits per heavy atom. The van der Waals surface area contributed by atoms with Crippen LogP contribution < -0.4 is 14.2 Å². The van der Waals surface area contributed by atoms with Gasteiger partial charge in [0.25, 0.3) is 0 Å². The van der Waals surface area contributed by atoms with Crippen LogP contribution in [0, 0.1) is 29.3 Å². The third-order valence-electron chi connectivity index (χ3n) is 17.8. The Hall–Kier alpha value is -8.02. The molecule has 2 unspecified atom stereocenters. The number of benzene rings is 6. The summed E-state index contributed by atoms with van der Waals surface area (Å²) < 4.78 is 63.5. The largest absolute Gasteiger partial charge is 0.490 e. The van der Waals surface area contributed by atoms with Gasteiger partial charge in [0.1, 0.15) is 53.0 Å². The van der Waals surface area contributed by atoms with Gasteiger partial charge in [-0.2, -0.15) is 0 Å². The van der Waals surface area contributed by atoms with Gasteiger partial charge in [-0.25, -0.2) is 13.2 Å². The third kappa shape index (κ3) is 18.4. The predicted molar refractivity (Wildman–Crippen MR) is 359 cm³/mol. The molecule has 0 amide bonds. The fourth-order valence-corrected chi connectivity index (χ4v) is 13.2. The molecular weight excluding hydrogens is 1170 g/mol. The number of carbonyl (C=O) groups is 3. The normalized spacial score (nSPS) is 16.2. The molecule has 9 aromatic rings. The van der Waals surface area contributed by atoms with E-state index < -0.39 is 6.10 Å². The number of para-hydroxylation sites is 3. The maximum absolute atomic E-state index is 13.1. The summed E-state index contributed by atoms with van der Waals surface area (Å²) in [7, 11) is 0. The lowest BCUT2D eigenvalue weighted by Crippen LogP contribution is -2.42. The van der Waals surface area contributed by atoms with E-state index in [-0.39, 0.29) is 53.1 Å². The number of β-amino-alcohol motifs (C(OH)–C–C–N with tert-alkyl or cyclic N) is 1. The first kappa shape index (κ1) is 66.9. The van der Waals surface area contributed by atoms with Gasteiger partial charge in [0, 0.05) is 146 Å². The van der Waals surface area contributed by atoms with E-state index in [0.29, 0.717) is 42.7 Å². The molecule has 0 radical (unpaired) electrons. The zero-order chi connectivity index (χ0) is 64.7. The van der Waals surface area contributed by atoms with Crippen molar-refractivity contribution in [1.29, 1.82) is 0 Å². The molecule has 486 valence electrons. The highest BCUT2D eigenvalue weighted by atomic mass is 19.1. The van der Waals surface area contributed by atoms with E-state index in [9.17, 15) is 32.7 Å². The van der Waals surface area contributed by atoms with Crippen LogP contribution in [0.25, 0.3) is 32.7 Å². The SMILES string of the molecule is CC(=O)c1cn(CC(C)CN2CCC(Oc3ccc(F)cc3)CC2)c2ccccc12.CC(=O)c1cn(CC(O)CN2CCC(Oc3ccc(F)cc3)CC2)c2ccccc12.CC(C)CC(=O)c1cn(CCCN2CCC(Oc3ccc(F)cc3)CC2)c2ccccc12. The van der Waals surface area contributed by atoms with E-state index in [2.05, 4.69) is 69.0 Å². The summed E-state index contributed by atoms with van der Waals surface area (Å²) in [5, 5.41) is 13.7. The first-order valence-electron chi connectivity index (χ1n) is 32.9. The lowest BCUT2D eigenvalue weighted by atomic mass is 10.0. The van der Waals surface area contributed by atoms with Crippen molar-refractivity contribution in [2.45, 2.75) is 130 Å². The summed E-state index contributed by atoms with van der Waals surface area (Å²) in [6, 6.07) is 42.8. The summed E-state index contributed by atoms with van der Waals surface area (Å²) in [6.45, 7) is 20.2. The number of ketones is 3. The van der Waals surface area contributed by atoms with Crippen molar-refractivity contribution in [3.8, 4) is 17.2 Å². The lowest BCUT2D eigenvalue weighted by molar-refractivity contribution is 0.0553. The molecule has 1 N–H and O–H groups in total. The fourth-order valence-electron chi connectivity index (χ4n) is 13.2. The molecule has 3 aliphatic rings. The van der Waals surface area contributed by atoms with Crippen LogP contribution in [0.4, 0.5) is 13.2 Å². The number of Topliss-reactive ketones (excluding diaryl/α,β-unsaturated/α-hetero) is 3. The van der Waals surface area contributed by atoms with Crippen molar-refractivity contribution in [1.82, 2.24) is 28.4 Å². The number of piperidine rings is 3. The monoisotopic (exact) mass is 1250 g/mol. The van der Waals surface area contributed by atoms with Crippen LogP contribution in [0.2, 0.25) is 0 Å². The fraction of sp³-hybridized carbons (Fsp3) is 0.408. The number of halogens is 3. The average molecular weight is 1260 g/mol. The zero-order valence-electron chi connectivity index (χ0n) is 53.9. The molecule has 0 spiro atoms. The molecule has 0 aliphatic carbocycles. The highest BCUT2D eigenvalue weighted by Gasteiger charge is 2.26. The molecule has 92 heavy (non-hydrogen) atoms. The molecule has 2 atom stereocenters. The minimum atomic E-state index is -0.532. The highest BCUT2D eigenvalue weighted by molar-refractivity contribution is 6.09.